The van der Waals surface area contributed by atoms with E-state index in [0.29, 0.717) is 15.7 Å². The van der Waals surface area contributed by atoms with Crippen molar-refractivity contribution in [3.05, 3.63) is 34.8 Å². The second-order valence-corrected chi connectivity index (χ2v) is 7.20. The number of nitrogens with one attached hydrogen (secondary N) is 1. The summed E-state index contributed by atoms with van der Waals surface area (Å²) in [4.78, 5) is 16.5. The van der Waals surface area contributed by atoms with Gasteiger partial charge in [0.05, 0.1) is 16.3 Å². The van der Waals surface area contributed by atoms with Gasteiger partial charge >= 0.3 is 0 Å². The number of aryl methyl sites for hydroxylation is 1. The van der Waals surface area contributed by atoms with E-state index in [9.17, 15) is 13.2 Å². The number of carbonyl (C=O) groups is 1. The van der Waals surface area contributed by atoms with Crippen LogP contribution in [0.3, 0.4) is 0 Å². The van der Waals surface area contributed by atoms with Gasteiger partial charge in [0.2, 0.25) is 0 Å². The lowest BCUT2D eigenvalue weighted by molar-refractivity contribution is 0.102. The van der Waals surface area contributed by atoms with Crippen molar-refractivity contribution in [3.8, 4) is 0 Å². The van der Waals surface area contributed by atoms with Crippen LogP contribution < -0.4 is 11.1 Å². The molecule has 0 atom stereocenters. The molecule has 0 saturated carbocycles. The van der Waals surface area contributed by atoms with Crippen molar-refractivity contribution in [2.45, 2.75) is 11.8 Å². The van der Waals surface area contributed by atoms with Crippen molar-refractivity contribution in [1.29, 1.82) is 0 Å². The highest BCUT2D eigenvalue weighted by atomic mass is 32.2. The van der Waals surface area contributed by atoms with E-state index in [0.717, 1.165) is 17.6 Å². The van der Waals surface area contributed by atoms with Crippen LogP contribution in [0.1, 0.15) is 15.4 Å². The fourth-order valence-electron chi connectivity index (χ4n) is 1.70. The lowest BCUT2D eigenvalue weighted by Crippen LogP contribution is -2.14. The average Bonchev–Trinajstić information content (AvgIpc) is 2.68. The third kappa shape index (κ3) is 2.97. The molecule has 6 nitrogen and oxygen atoms in total. The highest BCUT2D eigenvalue weighted by molar-refractivity contribution is 7.90. The van der Waals surface area contributed by atoms with Crippen LogP contribution >= 0.6 is 11.3 Å². The molecule has 1 aromatic carbocycles. The predicted molar refractivity (Wildman–Crippen MR) is 78.8 cm³/mol. The molecular formula is C12H13N3O3S2. The van der Waals surface area contributed by atoms with E-state index < -0.39 is 15.7 Å². The Balaban J connectivity index is 2.36. The van der Waals surface area contributed by atoms with E-state index in [1.165, 1.54) is 12.1 Å². The number of amides is 1. The highest BCUT2D eigenvalue weighted by Crippen LogP contribution is 2.24. The molecular weight excluding hydrogens is 298 g/mol. The molecule has 0 bridgehead atoms. The predicted octanol–water partition coefficient (Wildman–Crippen LogP) is 1.69. The number of hydrogen-bond donors (Lipinski definition) is 2. The molecule has 0 aliphatic carbocycles. The summed E-state index contributed by atoms with van der Waals surface area (Å²) in [6.45, 7) is 1.67. The lowest BCUT2D eigenvalue weighted by Gasteiger charge is -2.08. The Bertz CT molecular complexity index is 766. The Morgan fingerprint density at radius 2 is 2.00 bits per heavy atom. The summed E-state index contributed by atoms with van der Waals surface area (Å²) in [5.74, 6) is -0.423. The van der Waals surface area contributed by atoms with Crippen molar-refractivity contribution in [3.63, 3.8) is 0 Å². The van der Waals surface area contributed by atoms with Crippen molar-refractivity contribution in [2.24, 2.45) is 0 Å². The van der Waals surface area contributed by atoms with Gasteiger partial charge in [0, 0.05) is 6.26 Å². The van der Waals surface area contributed by atoms with Crippen LogP contribution in [0.5, 0.6) is 0 Å². The number of rotatable bonds is 3. The van der Waals surface area contributed by atoms with Gasteiger partial charge in [0.1, 0.15) is 4.88 Å². The Labute approximate surface area is 120 Å². The minimum atomic E-state index is -3.42. The molecule has 1 heterocycles. The first-order valence-corrected chi connectivity index (χ1v) is 8.33. The van der Waals surface area contributed by atoms with Gasteiger partial charge in [0.15, 0.2) is 15.0 Å². The third-order valence-corrected chi connectivity index (χ3v) is 4.69. The maximum Gasteiger partial charge on any atom is 0.267 e. The van der Waals surface area contributed by atoms with Gasteiger partial charge in [-0.25, -0.2) is 13.4 Å². The summed E-state index contributed by atoms with van der Waals surface area (Å²) < 4.78 is 23.3. The Kier molecular flexibility index (Phi) is 3.78. The van der Waals surface area contributed by atoms with Crippen LogP contribution in [-0.2, 0) is 9.84 Å². The van der Waals surface area contributed by atoms with E-state index in [-0.39, 0.29) is 10.6 Å². The number of sulfone groups is 1. The molecule has 0 radical (unpaired) electrons. The zero-order chi connectivity index (χ0) is 14.9. The Hall–Kier alpha value is -1.93. The summed E-state index contributed by atoms with van der Waals surface area (Å²) >= 11 is 1.06. The molecule has 0 fully saturated rings. The quantitative estimate of drug-likeness (QED) is 0.898. The molecule has 0 unspecified atom stereocenters. The van der Waals surface area contributed by atoms with Gasteiger partial charge in [-0.2, -0.15) is 0 Å². The van der Waals surface area contributed by atoms with E-state index in [1.54, 1.807) is 19.1 Å². The first-order valence-electron chi connectivity index (χ1n) is 5.62. The number of thiazole rings is 1. The standard InChI is InChI=1S/C12H13N3O3S2/c1-7-10(19-12(13)14-7)11(16)15-8-5-3-4-6-9(8)20(2,17)18/h3-6H,1-2H3,(H2,13,14)(H,15,16). The number of carbonyl (C=O) groups excluding carboxylic acids is 1. The van der Waals surface area contributed by atoms with Gasteiger partial charge in [0.25, 0.3) is 5.91 Å². The number of anilines is 2. The van der Waals surface area contributed by atoms with E-state index in [2.05, 4.69) is 10.3 Å². The molecule has 0 aliphatic rings. The normalized spacial score (nSPS) is 11.3. The van der Waals surface area contributed by atoms with Gasteiger partial charge in [-0.15, -0.1) is 0 Å². The van der Waals surface area contributed by atoms with Crippen molar-refractivity contribution in [2.75, 3.05) is 17.3 Å². The molecule has 0 aliphatic heterocycles. The van der Waals surface area contributed by atoms with Gasteiger partial charge in [-0.3, -0.25) is 4.79 Å². The van der Waals surface area contributed by atoms with Crippen molar-refractivity contribution in [1.82, 2.24) is 4.98 Å². The number of benzene rings is 1. The van der Waals surface area contributed by atoms with Crippen molar-refractivity contribution >= 4 is 37.9 Å². The van der Waals surface area contributed by atoms with Crippen LogP contribution in [0.15, 0.2) is 29.2 Å². The third-order valence-electron chi connectivity index (χ3n) is 2.55. The molecule has 3 N–H and O–H groups in total. The summed E-state index contributed by atoms with van der Waals surface area (Å²) in [6, 6.07) is 6.23. The van der Waals surface area contributed by atoms with Gasteiger partial charge in [-0.1, -0.05) is 23.5 Å². The number of hydrogen-bond acceptors (Lipinski definition) is 6. The minimum Gasteiger partial charge on any atom is -0.375 e. The van der Waals surface area contributed by atoms with Crippen molar-refractivity contribution < 1.29 is 13.2 Å². The zero-order valence-corrected chi connectivity index (χ0v) is 12.5. The van der Waals surface area contributed by atoms with Crippen LogP contribution in [-0.4, -0.2) is 25.6 Å². The Morgan fingerprint density at radius 1 is 1.35 bits per heavy atom. The number of para-hydroxylation sites is 1. The summed E-state index contributed by atoms with van der Waals surface area (Å²) in [5.41, 5.74) is 6.30. The fraction of sp³-hybridized carbons (Fsp3) is 0.167. The first kappa shape index (κ1) is 14.5. The summed E-state index contributed by atoms with van der Waals surface area (Å²) in [7, 11) is -3.42. The molecule has 1 aromatic heterocycles. The molecule has 8 heteroatoms. The molecule has 0 spiro atoms. The topological polar surface area (TPSA) is 102 Å². The highest BCUT2D eigenvalue weighted by Gasteiger charge is 2.18. The SMILES string of the molecule is Cc1nc(N)sc1C(=O)Nc1ccccc1S(C)(=O)=O. The molecule has 20 heavy (non-hydrogen) atoms. The molecule has 0 saturated heterocycles. The number of nitrogen functional groups attached to an aromatic ring is 1. The van der Waals surface area contributed by atoms with E-state index in [1.807, 2.05) is 0 Å². The van der Waals surface area contributed by atoms with Crippen LogP contribution in [0.2, 0.25) is 0 Å². The maximum atomic E-state index is 12.1. The van der Waals surface area contributed by atoms with Crippen LogP contribution in [0.4, 0.5) is 10.8 Å². The number of nitrogens with zero attached hydrogens (tertiary/aromatic N) is 1. The van der Waals surface area contributed by atoms with E-state index >= 15 is 0 Å². The fourth-order valence-corrected chi connectivity index (χ4v) is 3.27. The summed E-state index contributed by atoms with van der Waals surface area (Å²) in [5, 5.41) is 2.88. The van der Waals surface area contributed by atoms with Gasteiger partial charge < -0.3 is 11.1 Å². The average molecular weight is 311 g/mol. The maximum absolute atomic E-state index is 12.1. The monoisotopic (exact) mass is 311 g/mol. The van der Waals surface area contributed by atoms with Gasteiger partial charge in [-0.05, 0) is 19.1 Å². The molecule has 1 amide bonds. The van der Waals surface area contributed by atoms with Crippen LogP contribution in [0.25, 0.3) is 0 Å². The second-order valence-electron chi connectivity index (χ2n) is 4.19. The largest absolute Gasteiger partial charge is 0.375 e. The Morgan fingerprint density at radius 3 is 2.55 bits per heavy atom. The smallest absolute Gasteiger partial charge is 0.267 e. The lowest BCUT2D eigenvalue weighted by atomic mass is 10.3. The minimum absolute atomic E-state index is 0.0727. The van der Waals surface area contributed by atoms with E-state index in [4.69, 9.17) is 5.73 Å². The number of aromatic nitrogens is 1. The second kappa shape index (κ2) is 5.22. The zero-order valence-electron chi connectivity index (χ0n) is 10.9. The molecule has 106 valence electrons. The van der Waals surface area contributed by atoms with Crippen LogP contribution in [0, 0.1) is 6.92 Å². The first-order chi connectivity index (χ1) is 9.29. The molecule has 2 rings (SSSR count). The number of nitrogens with two attached hydrogens (primary N) is 1. The summed E-state index contributed by atoms with van der Waals surface area (Å²) in [6.07, 6.45) is 1.09. The molecule has 2 aromatic rings.